The molecule has 19 heavy (non-hydrogen) atoms. The van der Waals surface area contributed by atoms with Gasteiger partial charge in [0.1, 0.15) is 6.54 Å². The molecule has 0 aliphatic rings. The van der Waals surface area contributed by atoms with Crippen molar-refractivity contribution in [2.75, 3.05) is 18.0 Å². The molecule has 0 saturated carbocycles. The summed E-state index contributed by atoms with van der Waals surface area (Å²) < 4.78 is 0. The minimum Gasteiger partial charge on any atom is -0.351 e. The number of amides is 2. The van der Waals surface area contributed by atoms with Gasteiger partial charge in [-0.25, -0.2) is 0 Å². The summed E-state index contributed by atoms with van der Waals surface area (Å²) in [5.74, 6) is -0.427. The number of nitrogens with zero attached hydrogens (tertiary/aromatic N) is 1. The van der Waals surface area contributed by atoms with E-state index in [1.54, 1.807) is 24.3 Å². The zero-order valence-electron chi connectivity index (χ0n) is 11.1. The molecule has 0 aliphatic carbocycles. The van der Waals surface area contributed by atoms with E-state index in [0.29, 0.717) is 17.3 Å². The van der Waals surface area contributed by atoms with Crippen LogP contribution in [-0.4, -0.2) is 24.9 Å². The number of carbonyl (C=O) groups excluding carboxylic acids is 2. The Bertz CT molecular complexity index is 500. The number of rotatable bonds is 5. The van der Waals surface area contributed by atoms with E-state index in [9.17, 15) is 9.59 Å². The second kappa shape index (κ2) is 6.95. The molecule has 0 saturated heterocycles. The predicted molar refractivity (Wildman–Crippen MR) is 77.4 cm³/mol. The van der Waals surface area contributed by atoms with Gasteiger partial charge in [-0.15, -0.1) is 6.58 Å². The molecule has 4 nitrogen and oxygen atoms in total. The fourth-order valence-corrected chi connectivity index (χ4v) is 1.90. The molecular formula is C14H17ClN2O2. The van der Waals surface area contributed by atoms with E-state index in [0.717, 1.165) is 5.56 Å². The Morgan fingerprint density at radius 2 is 2.16 bits per heavy atom. The molecule has 1 N–H and O–H groups in total. The first-order chi connectivity index (χ1) is 8.95. The first kappa shape index (κ1) is 15.2. The van der Waals surface area contributed by atoms with Crippen LogP contribution in [0.15, 0.2) is 30.9 Å². The van der Waals surface area contributed by atoms with Crippen molar-refractivity contribution >= 4 is 29.1 Å². The zero-order chi connectivity index (χ0) is 14.4. The monoisotopic (exact) mass is 280 g/mol. The Morgan fingerprint density at radius 1 is 1.47 bits per heavy atom. The van der Waals surface area contributed by atoms with Gasteiger partial charge in [0.25, 0.3) is 0 Å². The number of carbonyl (C=O) groups is 2. The Kier molecular flexibility index (Phi) is 5.57. The van der Waals surface area contributed by atoms with Crippen molar-refractivity contribution in [3.05, 3.63) is 41.4 Å². The smallest absolute Gasteiger partial charge is 0.240 e. The highest BCUT2D eigenvalue weighted by Gasteiger charge is 2.17. The highest BCUT2D eigenvalue weighted by Crippen LogP contribution is 2.23. The lowest BCUT2D eigenvalue weighted by atomic mass is 10.1. The predicted octanol–water partition coefficient (Wildman–Crippen LogP) is 2.30. The summed E-state index contributed by atoms with van der Waals surface area (Å²) in [6.07, 6.45) is 1.59. The van der Waals surface area contributed by atoms with Crippen LogP contribution in [0.3, 0.4) is 0 Å². The minimum absolute atomic E-state index is 0.0222. The number of nitrogens with one attached hydrogen (secondary N) is 1. The SMILES string of the molecule is C=CCNC(=O)CN(C(C)=O)c1ccc(Cl)cc1C. The lowest BCUT2D eigenvalue weighted by molar-refractivity contribution is -0.122. The maximum absolute atomic E-state index is 11.7. The van der Waals surface area contributed by atoms with Crippen LogP contribution in [0.25, 0.3) is 0 Å². The van der Waals surface area contributed by atoms with Gasteiger partial charge in [-0.2, -0.15) is 0 Å². The van der Waals surface area contributed by atoms with Crippen LogP contribution >= 0.6 is 11.6 Å². The quantitative estimate of drug-likeness (QED) is 0.842. The largest absolute Gasteiger partial charge is 0.351 e. The number of halogens is 1. The van der Waals surface area contributed by atoms with E-state index in [2.05, 4.69) is 11.9 Å². The fourth-order valence-electron chi connectivity index (χ4n) is 1.67. The summed E-state index contributed by atoms with van der Waals surface area (Å²) in [5, 5.41) is 3.24. The molecule has 0 aromatic heterocycles. The highest BCUT2D eigenvalue weighted by molar-refractivity contribution is 6.30. The Balaban J connectivity index is 2.91. The molecule has 0 atom stereocenters. The average Bonchev–Trinajstić information content (AvgIpc) is 2.34. The van der Waals surface area contributed by atoms with Gasteiger partial charge >= 0.3 is 0 Å². The van der Waals surface area contributed by atoms with E-state index in [1.165, 1.54) is 11.8 Å². The molecule has 2 amide bonds. The van der Waals surface area contributed by atoms with Crippen LogP contribution < -0.4 is 10.2 Å². The third-order valence-electron chi connectivity index (χ3n) is 2.58. The fraction of sp³-hybridized carbons (Fsp3) is 0.286. The molecule has 0 spiro atoms. The molecular weight excluding hydrogens is 264 g/mol. The number of aryl methyl sites for hydroxylation is 1. The summed E-state index contributed by atoms with van der Waals surface area (Å²) >= 11 is 5.88. The van der Waals surface area contributed by atoms with Crippen molar-refractivity contribution in [3.8, 4) is 0 Å². The van der Waals surface area contributed by atoms with Crippen LogP contribution in [-0.2, 0) is 9.59 Å². The molecule has 102 valence electrons. The van der Waals surface area contributed by atoms with Gasteiger partial charge in [0.05, 0.1) is 0 Å². The van der Waals surface area contributed by atoms with Crippen LogP contribution in [0, 0.1) is 6.92 Å². The molecule has 0 aliphatic heterocycles. The van der Waals surface area contributed by atoms with Crippen LogP contribution in [0.2, 0.25) is 5.02 Å². The van der Waals surface area contributed by atoms with Crippen molar-refractivity contribution < 1.29 is 9.59 Å². The van der Waals surface area contributed by atoms with E-state index < -0.39 is 0 Å². The molecule has 1 aromatic rings. The van der Waals surface area contributed by atoms with Crippen LogP contribution in [0.5, 0.6) is 0 Å². The third-order valence-corrected chi connectivity index (χ3v) is 2.81. The first-order valence-electron chi connectivity index (χ1n) is 5.87. The number of hydrogen-bond acceptors (Lipinski definition) is 2. The average molecular weight is 281 g/mol. The molecule has 5 heteroatoms. The van der Waals surface area contributed by atoms with Gasteiger partial charge in [-0.05, 0) is 30.7 Å². The standard InChI is InChI=1S/C14H17ClN2O2/c1-4-7-16-14(19)9-17(11(3)18)13-6-5-12(15)8-10(13)2/h4-6,8H,1,7,9H2,2-3H3,(H,16,19). The highest BCUT2D eigenvalue weighted by atomic mass is 35.5. The summed E-state index contributed by atoms with van der Waals surface area (Å²) in [6.45, 7) is 7.15. The van der Waals surface area contributed by atoms with Crippen molar-refractivity contribution in [2.45, 2.75) is 13.8 Å². The number of anilines is 1. The van der Waals surface area contributed by atoms with Crippen molar-refractivity contribution in [2.24, 2.45) is 0 Å². The van der Waals surface area contributed by atoms with E-state index >= 15 is 0 Å². The Labute approximate surface area is 118 Å². The molecule has 1 rings (SSSR count). The van der Waals surface area contributed by atoms with Crippen molar-refractivity contribution in [1.82, 2.24) is 5.32 Å². The second-order valence-electron chi connectivity index (χ2n) is 4.13. The summed E-state index contributed by atoms with van der Waals surface area (Å²) in [6, 6.07) is 5.19. The topological polar surface area (TPSA) is 49.4 Å². The Morgan fingerprint density at radius 3 is 2.68 bits per heavy atom. The molecule has 0 fully saturated rings. The van der Waals surface area contributed by atoms with Gasteiger partial charge in [-0.1, -0.05) is 17.7 Å². The minimum atomic E-state index is -0.232. The van der Waals surface area contributed by atoms with Gasteiger partial charge < -0.3 is 10.2 Å². The zero-order valence-corrected chi connectivity index (χ0v) is 11.8. The maximum atomic E-state index is 11.7. The van der Waals surface area contributed by atoms with Crippen LogP contribution in [0.1, 0.15) is 12.5 Å². The lowest BCUT2D eigenvalue weighted by Crippen LogP contribution is -2.40. The first-order valence-corrected chi connectivity index (χ1v) is 6.25. The lowest BCUT2D eigenvalue weighted by Gasteiger charge is -2.22. The maximum Gasteiger partial charge on any atom is 0.240 e. The normalized spacial score (nSPS) is 9.84. The van der Waals surface area contributed by atoms with Gasteiger partial charge in [-0.3, -0.25) is 9.59 Å². The molecule has 1 aromatic carbocycles. The van der Waals surface area contributed by atoms with Crippen LogP contribution in [0.4, 0.5) is 5.69 Å². The second-order valence-corrected chi connectivity index (χ2v) is 4.57. The van der Waals surface area contributed by atoms with E-state index in [1.807, 2.05) is 6.92 Å². The van der Waals surface area contributed by atoms with Gasteiger partial charge in [0, 0.05) is 24.2 Å². The number of hydrogen-bond donors (Lipinski definition) is 1. The van der Waals surface area contributed by atoms with E-state index in [-0.39, 0.29) is 18.4 Å². The molecule has 0 bridgehead atoms. The van der Waals surface area contributed by atoms with E-state index in [4.69, 9.17) is 11.6 Å². The molecule has 0 unspecified atom stereocenters. The van der Waals surface area contributed by atoms with Gasteiger partial charge in [0.2, 0.25) is 11.8 Å². The summed E-state index contributed by atoms with van der Waals surface area (Å²) in [4.78, 5) is 24.8. The van der Waals surface area contributed by atoms with Crippen molar-refractivity contribution in [3.63, 3.8) is 0 Å². The van der Waals surface area contributed by atoms with Crippen molar-refractivity contribution in [1.29, 1.82) is 0 Å². The molecule has 0 heterocycles. The summed E-state index contributed by atoms with van der Waals surface area (Å²) in [7, 11) is 0. The Hall–Kier alpha value is -1.81. The van der Waals surface area contributed by atoms with Gasteiger partial charge in [0.15, 0.2) is 0 Å². The third kappa shape index (κ3) is 4.41. The summed E-state index contributed by atoms with van der Waals surface area (Å²) in [5.41, 5.74) is 1.53. The molecule has 0 radical (unpaired) electrons. The number of benzene rings is 1.